The van der Waals surface area contributed by atoms with Crippen LogP contribution < -0.4 is 10.1 Å². The van der Waals surface area contributed by atoms with Crippen molar-refractivity contribution in [1.82, 2.24) is 4.98 Å². The summed E-state index contributed by atoms with van der Waals surface area (Å²) < 4.78 is 25.8. The minimum absolute atomic E-state index is 0.204. The number of aromatic nitrogens is 1. The molecular weight excluding hydrogens is 439 g/mol. The average molecular weight is 467 g/mol. The molecule has 0 aliphatic heterocycles. The lowest BCUT2D eigenvalue weighted by molar-refractivity contribution is -0.145. The van der Waals surface area contributed by atoms with Crippen molar-refractivity contribution >= 4 is 27.7 Å². The SMILES string of the molecule is CCOC(=O)CC(C)(C)Cc1cc(F)c(OCCCNc2ccccn2)c(Br)c1. The van der Waals surface area contributed by atoms with Crippen molar-refractivity contribution in [2.24, 2.45) is 5.41 Å². The first-order valence-corrected chi connectivity index (χ1v) is 10.5. The van der Waals surface area contributed by atoms with Crippen LogP contribution in [0.1, 0.15) is 39.2 Å². The second-order valence-corrected chi connectivity index (χ2v) is 8.41. The van der Waals surface area contributed by atoms with E-state index in [0.29, 0.717) is 37.1 Å². The van der Waals surface area contributed by atoms with Crippen molar-refractivity contribution in [1.29, 1.82) is 0 Å². The molecule has 1 N–H and O–H groups in total. The number of rotatable bonds is 11. The number of carbonyl (C=O) groups is 1. The Morgan fingerprint density at radius 3 is 2.76 bits per heavy atom. The predicted octanol–water partition coefficient (Wildman–Crippen LogP) is 5.39. The summed E-state index contributed by atoms with van der Waals surface area (Å²) in [7, 11) is 0. The van der Waals surface area contributed by atoms with Gasteiger partial charge >= 0.3 is 5.97 Å². The number of halogens is 2. The zero-order chi connectivity index (χ0) is 21.3. The molecule has 0 unspecified atom stereocenters. The van der Waals surface area contributed by atoms with E-state index in [1.165, 1.54) is 6.07 Å². The Morgan fingerprint density at radius 2 is 2.10 bits per heavy atom. The first kappa shape index (κ1) is 23.1. The lowest BCUT2D eigenvalue weighted by Crippen LogP contribution is -2.21. The van der Waals surface area contributed by atoms with Gasteiger partial charge in [-0.3, -0.25) is 4.79 Å². The minimum atomic E-state index is -0.418. The van der Waals surface area contributed by atoms with E-state index in [1.807, 2.05) is 38.1 Å². The molecule has 0 atom stereocenters. The highest BCUT2D eigenvalue weighted by Gasteiger charge is 2.24. The lowest BCUT2D eigenvalue weighted by atomic mass is 9.82. The molecule has 1 heterocycles. The van der Waals surface area contributed by atoms with E-state index >= 15 is 0 Å². The Kier molecular flexibility index (Phi) is 8.89. The smallest absolute Gasteiger partial charge is 0.306 e. The van der Waals surface area contributed by atoms with Gasteiger partial charge in [-0.2, -0.15) is 0 Å². The summed E-state index contributed by atoms with van der Waals surface area (Å²) in [5, 5.41) is 3.19. The first-order valence-electron chi connectivity index (χ1n) is 9.72. The number of anilines is 1. The molecule has 0 aliphatic rings. The number of esters is 1. The Morgan fingerprint density at radius 1 is 1.31 bits per heavy atom. The Balaban J connectivity index is 1.87. The van der Waals surface area contributed by atoms with E-state index in [4.69, 9.17) is 9.47 Å². The van der Waals surface area contributed by atoms with Crippen molar-refractivity contribution in [2.45, 2.75) is 40.0 Å². The van der Waals surface area contributed by atoms with E-state index in [2.05, 4.69) is 26.2 Å². The topological polar surface area (TPSA) is 60.5 Å². The predicted molar refractivity (Wildman–Crippen MR) is 116 cm³/mol. The van der Waals surface area contributed by atoms with Gasteiger partial charge in [0.2, 0.25) is 0 Å². The molecule has 0 fully saturated rings. The molecule has 2 aromatic rings. The monoisotopic (exact) mass is 466 g/mol. The van der Waals surface area contributed by atoms with Crippen molar-refractivity contribution in [3.63, 3.8) is 0 Å². The van der Waals surface area contributed by atoms with Gasteiger partial charge in [-0.1, -0.05) is 19.9 Å². The van der Waals surface area contributed by atoms with Crippen LogP contribution in [0.15, 0.2) is 41.0 Å². The molecular formula is C22H28BrFN2O3. The minimum Gasteiger partial charge on any atom is -0.489 e. The second kappa shape index (κ2) is 11.1. The molecule has 0 saturated heterocycles. The molecule has 5 nitrogen and oxygen atoms in total. The number of hydrogen-bond donors (Lipinski definition) is 1. The summed E-state index contributed by atoms with van der Waals surface area (Å²) in [4.78, 5) is 15.9. The van der Waals surface area contributed by atoms with Crippen LogP contribution in [0.4, 0.5) is 10.2 Å². The summed E-state index contributed by atoms with van der Waals surface area (Å²) in [6, 6.07) is 8.97. The molecule has 0 saturated carbocycles. The molecule has 0 amide bonds. The molecule has 0 spiro atoms. The number of carbonyl (C=O) groups excluding carboxylic acids is 1. The molecule has 158 valence electrons. The fourth-order valence-corrected chi connectivity index (χ4v) is 3.60. The number of nitrogens with zero attached hydrogens (tertiary/aromatic N) is 1. The Bertz CT molecular complexity index is 777. The van der Waals surface area contributed by atoms with Gasteiger partial charge in [0.15, 0.2) is 11.6 Å². The largest absolute Gasteiger partial charge is 0.489 e. The highest BCUT2D eigenvalue weighted by atomic mass is 79.9. The van der Waals surface area contributed by atoms with E-state index in [9.17, 15) is 9.18 Å². The Labute approximate surface area is 180 Å². The maximum absolute atomic E-state index is 14.6. The van der Waals surface area contributed by atoms with Crippen molar-refractivity contribution < 1.29 is 18.7 Å². The van der Waals surface area contributed by atoms with Crippen molar-refractivity contribution in [3.8, 4) is 5.75 Å². The molecule has 1 aromatic carbocycles. The Hall–Kier alpha value is -2.15. The maximum atomic E-state index is 14.6. The summed E-state index contributed by atoms with van der Waals surface area (Å²) in [5.74, 6) is 0.347. The van der Waals surface area contributed by atoms with Gasteiger partial charge in [0, 0.05) is 12.7 Å². The number of pyridine rings is 1. The molecule has 0 bridgehead atoms. The molecule has 0 radical (unpaired) electrons. The van der Waals surface area contributed by atoms with Gasteiger partial charge in [-0.05, 0) is 70.9 Å². The summed E-state index contributed by atoms with van der Waals surface area (Å²) in [5.41, 5.74) is 0.463. The highest BCUT2D eigenvalue weighted by Crippen LogP contribution is 2.33. The maximum Gasteiger partial charge on any atom is 0.306 e. The average Bonchev–Trinajstić information content (AvgIpc) is 2.63. The van der Waals surface area contributed by atoms with Crippen LogP contribution in [0.5, 0.6) is 5.75 Å². The van der Waals surface area contributed by atoms with Gasteiger partial charge in [0.05, 0.1) is 24.1 Å². The third-order valence-electron chi connectivity index (χ3n) is 4.21. The van der Waals surface area contributed by atoms with E-state index in [0.717, 1.165) is 11.4 Å². The van der Waals surface area contributed by atoms with Crippen molar-refractivity contribution in [2.75, 3.05) is 25.1 Å². The van der Waals surface area contributed by atoms with Crippen LogP contribution in [-0.2, 0) is 16.0 Å². The van der Waals surface area contributed by atoms with Crippen LogP contribution in [-0.4, -0.2) is 30.7 Å². The van der Waals surface area contributed by atoms with Crippen LogP contribution in [0, 0.1) is 11.2 Å². The quantitative estimate of drug-likeness (QED) is 0.355. The van der Waals surface area contributed by atoms with Crippen LogP contribution in [0.25, 0.3) is 0 Å². The molecule has 1 aromatic heterocycles. The van der Waals surface area contributed by atoms with Crippen LogP contribution in [0.2, 0.25) is 0 Å². The first-order chi connectivity index (χ1) is 13.8. The zero-order valence-electron chi connectivity index (χ0n) is 17.1. The summed E-state index contributed by atoms with van der Waals surface area (Å²) in [6.07, 6.45) is 3.26. The third kappa shape index (κ3) is 8.01. The normalized spacial score (nSPS) is 11.2. The fourth-order valence-electron chi connectivity index (χ4n) is 3.00. The van der Waals surface area contributed by atoms with Gasteiger partial charge in [-0.25, -0.2) is 9.37 Å². The second-order valence-electron chi connectivity index (χ2n) is 7.56. The standard InChI is InChI=1S/C22H28BrFN2O3/c1-4-28-20(27)15-22(2,3)14-16-12-17(23)21(18(24)13-16)29-11-7-10-26-19-8-5-6-9-25-19/h5-6,8-9,12-13H,4,7,10-11,14-15H2,1-3H3,(H,25,26). The van der Waals surface area contributed by atoms with Crippen LogP contribution >= 0.6 is 15.9 Å². The zero-order valence-corrected chi connectivity index (χ0v) is 18.7. The van der Waals surface area contributed by atoms with Gasteiger partial charge in [0.25, 0.3) is 0 Å². The van der Waals surface area contributed by atoms with E-state index in [1.54, 1.807) is 13.1 Å². The molecule has 0 aliphatic carbocycles. The lowest BCUT2D eigenvalue weighted by Gasteiger charge is -2.24. The van der Waals surface area contributed by atoms with E-state index < -0.39 is 5.82 Å². The number of nitrogens with one attached hydrogen (secondary N) is 1. The fraction of sp³-hybridized carbons (Fsp3) is 0.455. The van der Waals surface area contributed by atoms with E-state index in [-0.39, 0.29) is 23.6 Å². The summed E-state index contributed by atoms with van der Waals surface area (Å²) >= 11 is 3.40. The highest BCUT2D eigenvalue weighted by molar-refractivity contribution is 9.10. The molecule has 2 rings (SSSR count). The van der Waals surface area contributed by atoms with Gasteiger partial charge < -0.3 is 14.8 Å². The van der Waals surface area contributed by atoms with Gasteiger partial charge in [-0.15, -0.1) is 0 Å². The summed E-state index contributed by atoms with van der Waals surface area (Å²) in [6.45, 7) is 7.13. The molecule has 29 heavy (non-hydrogen) atoms. The number of ether oxygens (including phenoxy) is 2. The number of hydrogen-bond acceptors (Lipinski definition) is 5. The van der Waals surface area contributed by atoms with Gasteiger partial charge in [0.1, 0.15) is 5.82 Å². The number of benzene rings is 1. The van der Waals surface area contributed by atoms with Crippen molar-refractivity contribution in [3.05, 3.63) is 52.4 Å². The van der Waals surface area contributed by atoms with Crippen LogP contribution in [0.3, 0.4) is 0 Å². The third-order valence-corrected chi connectivity index (χ3v) is 4.80. The molecule has 7 heteroatoms.